The van der Waals surface area contributed by atoms with Crippen LogP contribution in [0.1, 0.15) is 32.1 Å². The van der Waals surface area contributed by atoms with Gasteiger partial charge in [0.1, 0.15) is 0 Å². The van der Waals surface area contributed by atoms with Crippen molar-refractivity contribution in [3.8, 4) is 0 Å². The Hall–Kier alpha value is -0.380. The molecule has 3 nitrogen and oxygen atoms in total. The highest BCUT2D eigenvalue weighted by atomic mass is 16.3. The van der Waals surface area contributed by atoms with E-state index in [2.05, 4.69) is 16.4 Å². The molecule has 0 aromatic carbocycles. The minimum absolute atomic E-state index is 0.333. The van der Waals surface area contributed by atoms with E-state index < -0.39 is 0 Å². The van der Waals surface area contributed by atoms with E-state index in [1.54, 1.807) is 0 Å². The summed E-state index contributed by atoms with van der Waals surface area (Å²) in [5.41, 5.74) is 0. The van der Waals surface area contributed by atoms with Crippen molar-refractivity contribution >= 4 is 0 Å². The quantitative estimate of drug-likeness (QED) is 0.710. The fourth-order valence-electron chi connectivity index (χ4n) is 3.27. The summed E-state index contributed by atoms with van der Waals surface area (Å²) in [7, 11) is 0. The molecule has 2 unspecified atom stereocenters. The van der Waals surface area contributed by atoms with E-state index in [4.69, 9.17) is 0 Å². The normalized spacial score (nSPS) is 31.1. The van der Waals surface area contributed by atoms with Crippen LogP contribution in [0.2, 0.25) is 0 Å². The predicted molar refractivity (Wildman–Crippen MR) is 71.1 cm³/mol. The first-order chi connectivity index (χ1) is 8.35. The predicted octanol–water partition coefficient (Wildman–Crippen LogP) is 1.48. The van der Waals surface area contributed by atoms with Crippen molar-refractivity contribution in [1.82, 2.24) is 9.80 Å². The Morgan fingerprint density at radius 3 is 2.53 bits per heavy atom. The zero-order valence-corrected chi connectivity index (χ0v) is 10.9. The van der Waals surface area contributed by atoms with Crippen LogP contribution in [0, 0.1) is 0 Å². The molecule has 2 heterocycles. The first-order valence-corrected chi connectivity index (χ1v) is 7.05. The van der Waals surface area contributed by atoms with E-state index in [0.29, 0.717) is 18.7 Å². The summed E-state index contributed by atoms with van der Waals surface area (Å²) < 4.78 is 0. The number of nitrogens with zero attached hydrogens (tertiary/aromatic N) is 2. The van der Waals surface area contributed by atoms with Crippen LogP contribution in [-0.4, -0.2) is 59.8 Å². The summed E-state index contributed by atoms with van der Waals surface area (Å²) in [5.74, 6) is 0. The van der Waals surface area contributed by atoms with Crippen molar-refractivity contribution in [3.05, 3.63) is 12.7 Å². The number of rotatable bonds is 6. The van der Waals surface area contributed by atoms with Crippen LogP contribution in [-0.2, 0) is 0 Å². The average molecular weight is 238 g/mol. The van der Waals surface area contributed by atoms with Gasteiger partial charge in [-0.2, -0.15) is 0 Å². The molecule has 0 aliphatic carbocycles. The molecule has 0 aromatic rings. The molecule has 0 saturated carbocycles. The lowest BCUT2D eigenvalue weighted by molar-refractivity contribution is 0.123. The van der Waals surface area contributed by atoms with Gasteiger partial charge in [-0.05, 0) is 45.2 Å². The van der Waals surface area contributed by atoms with Crippen LogP contribution in [0.5, 0.6) is 0 Å². The molecule has 17 heavy (non-hydrogen) atoms. The third-order valence-electron chi connectivity index (χ3n) is 4.27. The third-order valence-corrected chi connectivity index (χ3v) is 4.27. The lowest BCUT2D eigenvalue weighted by Gasteiger charge is -2.31. The first-order valence-electron chi connectivity index (χ1n) is 7.05. The minimum Gasteiger partial charge on any atom is -0.395 e. The molecule has 2 atom stereocenters. The van der Waals surface area contributed by atoms with Gasteiger partial charge in [0, 0.05) is 25.2 Å². The molecular weight excluding hydrogens is 212 g/mol. The second-order valence-electron chi connectivity index (χ2n) is 5.38. The molecule has 98 valence electrons. The van der Waals surface area contributed by atoms with E-state index >= 15 is 0 Å². The van der Waals surface area contributed by atoms with Crippen molar-refractivity contribution in [1.29, 1.82) is 0 Å². The van der Waals surface area contributed by atoms with E-state index in [1.807, 2.05) is 6.08 Å². The summed E-state index contributed by atoms with van der Waals surface area (Å²) >= 11 is 0. The zero-order valence-electron chi connectivity index (χ0n) is 10.9. The van der Waals surface area contributed by atoms with Gasteiger partial charge in [-0.25, -0.2) is 0 Å². The molecule has 1 N–H and O–H groups in total. The number of hydrogen-bond acceptors (Lipinski definition) is 3. The van der Waals surface area contributed by atoms with Crippen LogP contribution in [0.15, 0.2) is 12.7 Å². The second-order valence-corrected chi connectivity index (χ2v) is 5.38. The summed E-state index contributed by atoms with van der Waals surface area (Å²) in [4.78, 5) is 5.10. The Kier molecular flexibility index (Phi) is 5.01. The summed E-state index contributed by atoms with van der Waals surface area (Å²) in [6.45, 7) is 8.88. The Labute approximate surface area is 105 Å². The van der Waals surface area contributed by atoms with Crippen molar-refractivity contribution in [2.75, 3.05) is 32.8 Å². The lowest BCUT2D eigenvalue weighted by Crippen LogP contribution is -2.43. The second kappa shape index (κ2) is 6.53. The highest BCUT2D eigenvalue weighted by Crippen LogP contribution is 2.23. The highest BCUT2D eigenvalue weighted by molar-refractivity contribution is 4.87. The molecule has 0 spiro atoms. The maximum absolute atomic E-state index is 9.35. The standard InChI is InChI=1S/C14H26N2O/c1-2-3-8-15-9-4-6-13(15)11-16-10-5-7-14(16)12-17/h2,13-14,17H,1,3-12H2. The van der Waals surface area contributed by atoms with Gasteiger partial charge in [0.15, 0.2) is 0 Å². The topological polar surface area (TPSA) is 26.7 Å². The molecule has 0 amide bonds. The van der Waals surface area contributed by atoms with Gasteiger partial charge in [-0.3, -0.25) is 9.80 Å². The van der Waals surface area contributed by atoms with Crippen LogP contribution in [0.3, 0.4) is 0 Å². The molecule has 0 bridgehead atoms. The van der Waals surface area contributed by atoms with Crippen molar-refractivity contribution in [2.45, 2.75) is 44.2 Å². The largest absolute Gasteiger partial charge is 0.395 e. The van der Waals surface area contributed by atoms with Gasteiger partial charge in [0.2, 0.25) is 0 Å². The Morgan fingerprint density at radius 2 is 1.82 bits per heavy atom. The molecular formula is C14H26N2O. The maximum Gasteiger partial charge on any atom is 0.0586 e. The molecule has 0 aromatic heterocycles. The number of aliphatic hydroxyl groups excluding tert-OH is 1. The number of aliphatic hydroxyl groups is 1. The molecule has 2 fully saturated rings. The number of likely N-dealkylation sites (tertiary alicyclic amines) is 2. The smallest absolute Gasteiger partial charge is 0.0586 e. The van der Waals surface area contributed by atoms with E-state index in [1.165, 1.54) is 38.8 Å². The maximum atomic E-state index is 9.35. The summed E-state index contributed by atoms with van der Waals surface area (Å²) in [6.07, 6.45) is 8.20. The van der Waals surface area contributed by atoms with Gasteiger partial charge in [0.05, 0.1) is 6.61 Å². The third kappa shape index (κ3) is 3.30. The summed E-state index contributed by atoms with van der Waals surface area (Å²) in [5, 5.41) is 9.35. The van der Waals surface area contributed by atoms with Crippen LogP contribution in [0.4, 0.5) is 0 Å². The average Bonchev–Trinajstić information content (AvgIpc) is 2.96. The number of hydrogen-bond donors (Lipinski definition) is 1. The fourth-order valence-corrected chi connectivity index (χ4v) is 3.27. The van der Waals surface area contributed by atoms with Gasteiger partial charge >= 0.3 is 0 Å². The van der Waals surface area contributed by atoms with Crippen molar-refractivity contribution < 1.29 is 5.11 Å². The Morgan fingerprint density at radius 1 is 1.12 bits per heavy atom. The van der Waals surface area contributed by atoms with Crippen LogP contribution >= 0.6 is 0 Å². The van der Waals surface area contributed by atoms with E-state index in [0.717, 1.165) is 19.5 Å². The SMILES string of the molecule is C=CCCN1CCCC1CN1CCCC1CO. The molecule has 3 heteroatoms. The lowest BCUT2D eigenvalue weighted by atomic mass is 10.2. The fraction of sp³-hybridized carbons (Fsp3) is 0.857. The molecule has 2 rings (SSSR count). The van der Waals surface area contributed by atoms with Crippen LogP contribution < -0.4 is 0 Å². The summed E-state index contributed by atoms with van der Waals surface area (Å²) in [6, 6.07) is 1.14. The van der Waals surface area contributed by atoms with Crippen LogP contribution in [0.25, 0.3) is 0 Å². The van der Waals surface area contributed by atoms with Gasteiger partial charge < -0.3 is 5.11 Å². The van der Waals surface area contributed by atoms with Gasteiger partial charge in [-0.1, -0.05) is 6.08 Å². The molecule has 2 aliphatic heterocycles. The van der Waals surface area contributed by atoms with E-state index in [-0.39, 0.29) is 0 Å². The van der Waals surface area contributed by atoms with Crippen molar-refractivity contribution in [2.24, 2.45) is 0 Å². The molecule has 2 aliphatic rings. The Bertz CT molecular complexity index is 244. The zero-order chi connectivity index (χ0) is 12.1. The Balaban J connectivity index is 1.82. The molecule has 0 radical (unpaired) electrons. The van der Waals surface area contributed by atoms with E-state index in [9.17, 15) is 5.11 Å². The molecule has 2 saturated heterocycles. The monoisotopic (exact) mass is 238 g/mol. The first kappa shape index (κ1) is 13.1. The minimum atomic E-state index is 0.333. The van der Waals surface area contributed by atoms with Crippen molar-refractivity contribution in [3.63, 3.8) is 0 Å². The van der Waals surface area contributed by atoms with Gasteiger partial charge in [-0.15, -0.1) is 6.58 Å². The van der Waals surface area contributed by atoms with Gasteiger partial charge in [0.25, 0.3) is 0 Å². The highest BCUT2D eigenvalue weighted by Gasteiger charge is 2.30.